The van der Waals surface area contributed by atoms with Crippen molar-refractivity contribution in [2.45, 2.75) is 32.8 Å². The predicted octanol–water partition coefficient (Wildman–Crippen LogP) is 3.50. The smallest absolute Gasteiger partial charge is 0.270 e. The number of rotatable bonds is 7. The van der Waals surface area contributed by atoms with Gasteiger partial charge in [-0.15, -0.1) is 0 Å². The number of amides is 2. The van der Waals surface area contributed by atoms with Gasteiger partial charge in [-0.1, -0.05) is 37.6 Å². The Kier molecular flexibility index (Phi) is 6.09. The lowest BCUT2D eigenvalue weighted by Gasteiger charge is -2.22. The quantitative estimate of drug-likeness (QED) is 0.542. The molecule has 0 fully saturated rings. The number of carbonyl (C=O) groups excluding carboxylic acids is 3. The molecule has 1 aliphatic rings. The molecule has 3 rings (SSSR count). The normalized spacial score (nSPS) is 16.2. The largest absolute Gasteiger partial charge is 0.493 e. The number of para-hydroxylation sites is 2. The van der Waals surface area contributed by atoms with Gasteiger partial charge in [0.2, 0.25) is 0 Å². The van der Waals surface area contributed by atoms with Gasteiger partial charge in [-0.05, 0) is 37.6 Å². The van der Waals surface area contributed by atoms with Crippen molar-refractivity contribution in [3.05, 3.63) is 59.7 Å². The molecule has 0 spiro atoms. The SMILES string of the molecule is CCCC1Oc2ccccc2C(=O)N(CC(=O)c2ccccc2OCC)C1=O. The van der Waals surface area contributed by atoms with E-state index in [2.05, 4.69) is 0 Å². The molecule has 0 aliphatic carbocycles. The van der Waals surface area contributed by atoms with Crippen molar-refractivity contribution >= 4 is 17.6 Å². The van der Waals surface area contributed by atoms with Crippen molar-refractivity contribution in [3.8, 4) is 11.5 Å². The number of imide groups is 1. The first-order valence-corrected chi connectivity index (χ1v) is 9.43. The lowest BCUT2D eigenvalue weighted by molar-refractivity contribution is -0.135. The molecular weight excluding hydrogens is 358 g/mol. The van der Waals surface area contributed by atoms with Crippen molar-refractivity contribution in [2.75, 3.05) is 13.2 Å². The van der Waals surface area contributed by atoms with Crippen LogP contribution in [0.15, 0.2) is 48.5 Å². The fraction of sp³-hybridized carbons (Fsp3) is 0.318. The lowest BCUT2D eigenvalue weighted by atomic mass is 10.1. The molecule has 2 aromatic rings. The molecule has 6 heteroatoms. The Morgan fingerprint density at radius 2 is 1.79 bits per heavy atom. The molecule has 1 aliphatic heterocycles. The van der Waals surface area contributed by atoms with Crippen molar-refractivity contribution in [3.63, 3.8) is 0 Å². The number of ether oxygens (including phenoxy) is 2. The van der Waals surface area contributed by atoms with Crippen molar-refractivity contribution in [2.24, 2.45) is 0 Å². The molecule has 0 bridgehead atoms. The van der Waals surface area contributed by atoms with Gasteiger partial charge in [0.05, 0.1) is 24.3 Å². The van der Waals surface area contributed by atoms with Crippen molar-refractivity contribution in [1.82, 2.24) is 4.90 Å². The number of hydrogen-bond acceptors (Lipinski definition) is 5. The summed E-state index contributed by atoms with van der Waals surface area (Å²) in [5, 5.41) is 0. The minimum absolute atomic E-state index is 0.278. The van der Waals surface area contributed by atoms with Crippen LogP contribution in [-0.2, 0) is 4.79 Å². The number of benzene rings is 2. The highest BCUT2D eigenvalue weighted by atomic mass is 16.5. The second-order valence-electron chi connectivity index (χ2n) is 6.47. The Balaban J connectivity index is 1.94. The highest BCUT2D eigenvalue weighted by molar-refractivity contribution is 6.12. The third-order valence-corrected chi connectivity index (χ3v) is 4.51. The fourth-order valence-corrected chi connectivity index (χ4v) is 3.17. The summed E-state index contributed by atoms with van der Waals surface area (Å²) in [6, 6.07) is 13.5. The molecule has 2 amide bonds. The van der Waals surface area contributed by atoms with E-state index in [0.29, 0.717) is 36.5 Å². The standard InChI is InChI=1S/C22H23NO5/c1-3-9-20-22(26)23(21(25)16-11-6-8-13-19(16)28-20)14-17(24)15-10-5-7-12-18(15)27-4-2/h5-8,10-13,20H,3-4,9,14H2,1-2H3. The summed E-state index contributed by atoms with van der Waals surface area (Å²) >= 11 is 0. The zero-order valence-corrected chi connectivity index (χ0v) is 16.0. The van der Waals surface area contributed by atoms with Crippen LogP contribution in [0.4, 0.5) is 0 Å². The van der Waals surface area contributed by atoms with E-state index in [4.69, 9.17) is 9.47 Å². The number of carbonyl (C=O) groups is 3. The summed E-state index contributed by atoms with van der Waals surface area (Å²) in [7, 11) is 0. The second kappa shape index (κ2) is 8.69. The summed E-state index contributed by atoms with van der Waals surface area (Å²) in [6.45, 7) is 3.81. The Morgan fingerprint density at radius 3 is 2.54 bits per heavy atom. The first-order valence-electron chi connectivity index (χ1n) is 9.43. The van der Waals surface area contributed by atoms with Gasteiger partial charge in [0.15, 0.2) is 11.9 Å². The molecule has 2 aromatic carbocycles. The number of fused-ring (bicyclic) bond motifs is 1. The minimum atomic E-state index is -0.799. The molecule has 28 heavy (non-hydrogen) atoms. The molecule has 6 nitrogen and oxygen atoms in total. The molecule has 0 saturated heterocycles. The topological polar surface area (TPSA) is 72.9 Å². The maximum absolute atomic E-state index is 13.0. The van der Waals surface area contributed by atoms with Gasteiger partial charge in [0.1, 0.15) is 11.5 Å². The van der Waals surface area contributed by atoms with E-state index in [1.807, 2.05) is 13.8 Å². The average Bonchev–Trinajstić information content (AvgIpc) is 2.80. The zero-order valence-electron chi connectivity index (χ0n) is 16.0. The first-order chi connectivity index (χ1) is 13.6. The molecular formula is C22H23NO5. The molecule has 1 heterocycles. The van der Waals surface area contributed by atoms with Gasteiger partial charge >= 0.3 is 0 Å². The van der Waals surface area contributed by atoms with E-state index in [0.717, 1.165) is 4.90 Å². The summed E-state index contributed by atoms with van der Waals surface area (Å²) in [5.41, 5.74) is 0.621. The van der Waals surface area contributed by atoms with Crippen LogP contribution in [0.2, 0.25) is 0 Å². The minimum Gasteiger partial charge on any atom is -0.493 e. The second-order valence-corrected chi connectivity index (χ2v) is 6.47. The number of nitrogens with zero attached hydrogens (tertiary/aromatic N) is 1. The van der Waals surface area contributed by atoms with Gasteiger partial charge in [-0.3, -0.25) is 19.3 Å². The van der Waals surface area contributed by atoms with E-state index in [-0.39, 0.29) is 17.9 Å². The number of Topliss-reactive ketones (excluding diaryl/α,β-unsaturated/α-hetero) is 1. The molecule has 0 aromatic heterocycles. The van der Waals surface area contributed by atoms with E-state index < -0.39 is 17.9 Å². The van der Waals surface area contributed by atoms with Crippen LogP contribution in [0, 0.1) is 0 Å². The summed E-state index contributed by atoms with van der Waals surface area (Å²) in [4.78, 5) is 39.9. The van der Waals surface area contributed by atoms with Gasteiger partial charge in [-0.25, -0.2) is 0 Å². The molecule has 0 N–H and O–H groups in total. The van der Waals surface area contributed by atoms with Crippen LogP contribution >= 0.6 is 0 Å². The summed E-state index contributed by atoms with van der Waals surface area (Å²) < 4.78 is 11.3. The van der Waals surface area contributed by atoms with E-state index >= 15 is 0 Å². The van der Waals surface area contributed by atoms with Crippen LogP contribution in [-0.4, -0.2) is 41.8 Å². The third-order valence-electron chi connectivity index (χ3n) is 4.51. The maximum Gasteiger partial charge on any atom is 0.270 e. The molecule has 1 atom stereocenters. The van der Waals surface area contributed by atoms with Crippen LogP contribution < -0.4 is 9.47 Å². The fourth-order valence-electron chi connectivity index (χ4n) is 3.17. The Bertz CT molecular complexity index is 892. The maximum atomic E-state index is 13.0. The van der Waals surface area contributed by atoms with E-state index in [1.54, 1.807) is 48.5 Å². The van der Waals surface area contributed by atoms with Gasteiger partial charge in [-0.2, -0.15) is 0 Å². The van der Waals surface area contributed by atoms with Gasteiger partial charge < -0.3 is 9.47 Å². The highest BCUT2D eigenvalue weighted by Crippen LogP contribution is 2.27. The molecule has 146 valence electrons. The van der Waals surface area contributed by atoms with Crippen molar-refractivity contribution in [1.29, 1.82) is 0 Å². The third kappa shape index (κ3) is 3.91. The average molecular weight is 381 g/mol. The Morgan fingerprint density at radius 1 is 1.07 bits per heavy atom. The van der Waals surface area contributed by atoms with Gasteiger partial charge in [0.25, 0.3) is 11.8 Å². The van der Waals surface area contributed by atoms with E-state index in [9.17, 15) is 14.4 Å². The van der Waals surface area contributed by atoms with Gasteiger partial charge in [0, 0.05) is 0 Å². The van der Waals surface area contributed by atoms with Crippen LogP contribution in [0.25, 0.3) is 0 Å². The number of hydrogen-bond donors (Lipinski definition) is 0. The first kappa shape index (κ1) is 19.6. The molecule has 0 radical (unpaired) electrons. The molecule has 1 unspecified atom stereocenters. The Hall–Kier alpha value is -3.15. The van der Waals surface area contributed by atoms with E-state index in [1.165, 1.54) is 0 Å². The monoisotopic (exact) mass is 381 g/mol. The van der Waals surface area contributed by atoms with Crippen LogP contribution in [0.3, 0.4) is 0 Å². The van der Waals surface area contributed by atoms with Crippen molar-refractivity contribution < 1.29 is 23.9 Å². The zero-order chi connectivity index (χ0) is 20.1. The number of ketones is 1. The highest BCUT2D eigenvalue weighted by Gasteiger charge is 2.37. The van der Waals surface area contributed by atoms with Crippen LogP contribution in [0.5, 0.6) is 11.5 Å². The molecule has 0 saturated carbocycles. The van der Waals surface area contributed by atoms with Crippen LogP contribution in [0.1, 0.15) is 47.4 Å². The Labute approximate surface area is 164 Å². The summed E-state index contributed by atoms with van der Waals surface area (Å²) in [6.07, 6.45) is 0.370. The predicted molar refractivity (Wildman–Crippen MR) is 104 cm³/mol. The lowest BCUT2D eigenvalue weighted by Crippen LogP contribution is -2.45. The summed E-state index contributed by atoms with van der Waals surface area (Å²) in [5.74, 6) is -0.581.